The molecule has 2 atom stereocenters. The second-order valence-corrected chi connectivity index (χ2v) is 4.62. The van der Waals surface area contributed by atoms with Gasteiger partial charge in [0.05, 0.1) is 6.10 Å². The average Bonchev–Trinajstić information content (AvgIpc) is 2.16. The molecular weight excluding hydrogens is 219 g/mol. The van der Waals surface area contributed by atoms with Crippen molar-refractivity contribution in [2.45, 2.75) is 56.8 Å². The van der Waals surface area contributed by atoms with Gasteiger partial charge in [0.15, 0.2) is 0 Å². The molecule has 0 amide bonds. The molecule has 0 aromatic rings. The van der Waals surface area contributed by atoms with Crippen LogP contribution in [0.3, 0.4) is 0 Å². The van der Waals surface area contributed by atoms with E-state index in [1.54, 1.807) is 7.05 Å². The zero-order valence-corrected chi connectivity index (χ0v) is 9.63. The molecule has 0 saturated heterocycles. The molecule has 2 unspecified atom stereocenters. The highest BCUT2D eigenvalue weighted by Gasteiger charge is 2.29. The van der Waals surface area contributed by atoms with E-state index < -0.39 is 12.6 Å². The number of likely N-dealkylation sites (N-methyl/N-ethyl adjacent to an activating group) is 1. The highest BCUT2D eigenvalue weighted by molar-refractivity contribution is 4.81. The van der Waals surface area contributed by atoms with Crippen LogP contribution >= 0.6 is 0 Å². The summed E-state index contributed by atoms with van der Waals surface area (Å²) in [6.45, 7) is 0.404. The monoisotopic (exact) mass is 239 g/mol. The smallest absolute Gasteiger partial charge is 0.389 e. The van der Waals surface area contributed by atoms with Gasteiger partial charge in [-0.05, 0) is 32.9 Å². The van der Waals surface area contributed by atoms with Gasteiger partial charge in [0.1, 0.15) is 0 Å². The Morgan fingerprint density at radius 3 is 2.44 bits per heavy atom. The topological polar surface area (TPSA) is 23.5 Å². The highest BCUT2D eigenvalue weighted by Crippen LogP contribution is 2.24. The van der Waals surface area contributed by atoms with Crippen molar-refractivity contribution in [3.63, 3.8) is 0 Å². The average molecular weight is 239 g/mol. The van der Waals surface area contributed by atoms with Gasteiger partial charge in [-0.3, -0.25) is 0 Å². The van der Waals surface area contributed by atoms with Gasteiger partial charge in [0.25, 0.3) is 0 Å². The van der Waals surface area contributed by atoms with Gasteiger partial charge in [0.2, 0.25) is 0 Å². The fourth-order valence-corrected chi connectivity index (χ4v) is 2.30. The molecule has 1 aliphatic carbocycles. The van der Waals surface area contributed by atoms with Crippen molar-refractivity contribution in [2.75, 3.05) is 13.6 Å². The summed E-state index contributed by atoms with van der Waals surface area (Å²) < 4.78 is 35.9. The summed E-state index contributed by atoms with van der Waals surface area (Å²) in [5, 5.41) is 9.73. The first-order valence-corrected chi connectivity index (χ1v) is 5.85. The van der Waals surface area contributed by atoms with Crippen LogP contribution in [0.25, 0.3) is 0 Å². The van der Waals surface area contributed by atoms with Crippen LogP contribution in [-0.4, -0.2) is 41.9 Å². The number of rotatable bonds is 4. The minimum atomic E-state index is -4.06. The van der Waals surface area contributed by atoms with Gasteiger partial charge in [0, 0.05) is 12.5 Å². The minimum absolute atomic E-state index is 0.0435. The van der Waals surface area contributed by atoms with E-state index in [9.17, 15) is 18.3 Å². The summed E-state index contributed by atoms with van der Waals surface area (Å²) in [5.74, 6) is 0. The molecule has 5 heteroatoms. The Bertz CT molecular complexity index is 208. The molecule has 1 N–H and O–H groups in total. The second-order valence-electron chi connectivity index (χ2n) is 4.62. The molecule has 96 valence electrons. The van der Waals surface area contributed by atoms with Gasteiger partial charge in [-0.25, -0.2) is 0 Å². The van der Waals surface area contributed by atoms with Crippen LogP contribution in [-0.2, 0) is 0 Å². The molecule has 0 aromatic heterocycles. The maximum atomic E-state index is 12.0. The Hall–Kier alpha value is -0.290. The lowest BCUT2D eigenvalue weighted by molar-refractivity contribution is -0.136. The van der Waals surface area contributed by atoms with E-state index in [1.807, 2.05) is 4.90 Å². The number of hydrogen-bond donors (Lipinski definition) is 1. The van der Waals surface area contributed by atoms with E-state index in [-0.39, 0.29) is 18.6 Å². The van der Waals surface area contributed by atoms with Gasteiger partial charge >= 0.3 is 6.18 Å². The Balaban J connectivity index is 2.25. The number of aliphatic hydroxyl groups excluding tert-OH is 1. The van der Waals surface area contributed by atoms with E-state index in [0.29, 0.717) is 6.54 Å². The maximum Gasteiger partial charge on any atom is 0.389 e. The normalized spacial score (nSPS) is 27.4. The van der Waals surface area contributed by atoms with Crippen LogP contribution in [0.5, 0.6) is 0 Å². The Kier molecular flexibility index (Phi) is 5.05. The molecule has 2 nitrogen and oxygen atoms in total. The lowest BCUT2D eigenvalue weighted by atomic mass is 9.91. The molecule has 1 fully saturated rings. The number of nitrogens with zero attached hydrogens (tertiary/aromatic N) is 1. The lowest BCUT2D eigenvalue weighted by Gasteiger charge is -2.35. The molecule has 0 aliphatic heterocycles. The summed E-state index contributed by atoms with van der Waals surface area (Å²) in [7, 11) is 1.80. The van der Waals surface area contributed by atoms with E-state index in [2.05, 4.69) is 0 Å². The van der Waals surface area contributed by atoms with Gasteiger partial charge in [-0.1, -0.05) is 12.8 Å². The zero-order chi connectivity index (χ0) is 12.2. The fraction of sp³-hybridized carbons (Fsp3) is 1.00. The van der Waals surface area contributed by atoms with Crippen LogP contribution < -0.4 is 0 Å². The van der Waals surface area contributed by atoms with Crippen LogP contribution in [0.2, 0.25) is 0 Å². The van der Waals surface area contributed by atoms with Gasteiger partial charge < -0.3 is 10.0 Å². The number of halogens is 3. The van der Waals surface area contributed by atoms with Crippen LogP contribution in [0.4, 0.5) is 13.2 Å². The number of alkyl halides is 3. The predicted molar refractivity (Wildman–Crippen MR) is 56.2 cm³/mol. The van der Waals surface area contributed by atoms with E-state index in [0.717, 1.165) is 25.7 Å². The minimum Gasteiger partial charge on any atom is -0.391 e. The Morgan fingerprint density at radius 1 is 1.25 bits per heavy atom. The van der Waals surface area contributed by atoms with Crippen LogP contribution in [0.15, 0.2) is 0 Å². The van der Waals surface area contributed by atoms with Crippen molar-refractivity contribution in [3.05, 3.63) is 0 Å². The summed E-state index contributed by atoms with van der Waals surface area (Å²) >= 11 is 0. The van der Waals surface area contributed by atoms with Crippen molar-refractivity contribution in [3.8, 4) is 0 Å². The summed E-state index contributed by atoms with van der Waals surface area (Å²) in [4.78, 5) is 1.87. The molecule has 1 saturated carbocycles. The van der Waals surface area contributed by atoms with Crippen LogP contribution in [0.1, 0.15) is 38.5 Å². The molecule has 16 heavy (non-hydrogen) atoms. The second kappa shape index (κ2) is 5.87. The number of aliphatic hydroxyl groups is 1. The Morgan fingerprint density at radius 2 is 1.88 bits per heavy atom. The molecule has 1 rings (SSSR count). The molecule has 0 aromatic carbocycles. The fourth-order valence-electron chi connectivity index (χ4n) is 2.30. The van der Waals surface area contributed by atoms with E-state index in [1.165, 1.54) is 0 Å². The quantitative estimate of drug-likeness (QED) is 0.815. The first-order chi connectivity index (χ1) is 7.40. The van der Waals surface area contributed by atoms with Crippen molar-refractivity contribution in [2.24, 2.45) is 0 Å². The lowest BCUT2D eigenvalue weighted by Crippen LogP contribution is -2.43. The summed E-state index contributed by atoms with van der Waals surface area (Å²) in [5.41, 5.74) is 0. The maximum absolute atomic E-state index is 12.0. The first kappa shape index (κ1) is 13.8. The number of hydrogen-bond acceptors (Lipinski definition) is 2. The van der Waals surface area contributed by atoms with Crippen LogP contribution in [0, 0.1) is 0 Å². The predicted octanol–water partition coefficient (Wildman–Crippen LogP) is 2.56. The Labute approximate surface area is 94.4 Å². The molecule has 0 radical (unpaired) electrons. The summed E-state index contributed by atoms with van der Waals surface area (Å²) in [6.07, 6.45) is -1.31. The molecule has 0 heterocycles. The van der Waals surface area contributed by atoms with E-state index in [4.69, 9.17) is 0 Å². The molecular formula is C11H20F3NO. The van der Waals surface area contributed by atoms with Crippen molar-refractivity contribution >= 4 is 0 Å². The third-order valence-corrected chi connectivity index (χ3v) is 3.23. The van der Waals surface area contributed by atoms with Crippen molar-refractivity contribution in [1.29, 1.82) is 0 Å². The van der Waals surface area contributed by atoms with Gasteiger partial charge in [-0.15, -0.1) is 0 Å². The van der Waals surface area contributed by atoms with Crippen molar-refractivity contribution < 1.29 is 18.3 Å². The molecule has 0 spiro atoms. The first-order valence-electron chi connectivity index (χ1n) is 5.85. The largest absolute Gasteiger partial charge is 0.391 e. The SMILES string of the molecule is CN(CCCC(F)(F)F)C1CCCCC1O. The van der Waals surface area contributed by atoms with Gasteiger partial charge in [-0.2, -0.15) is 13.2 Å². The zero-order valence-electron chi connectivity index (χ0n) is 9.63. The van der Waals surface area contributed by atoms with E-state index >= 15 is 0 Å². The standard InChI is InChI=1S/C11H20F3NO/c1-15(8-4-7-11(12,13)14)9-5-2-3-6-10(9)16/h9-10,16H,2-8H2,1H3. The van der Waals surface area contributed by atoms with Crippen molar-refractivity contribution in [1.82, 2.24) is 4.90 Å². The third kappa shape index (κ3) is 4.70. The third-order valence-electron chi connectivity index (χ3n) is 3.23. The highest BCUT2D eigenvalue weighted by atomic mass is 19.4. The summed E-state index contributed by atoms with van der Waals surface area (Å²) in [6, 6.07) is 0.0435. The molecule has 0 bridgehead atoms. The molecule has 1 aliphatic rings.